The summed E-state index contributed by atoms with van der Waals surface area (Å²) in [6.07, 6.45) is 0. The molecule has 7 nitrogen and oxygen atoms in total. The number of aryl methyl sites for hydroxylation is 2. The lowest BCUT2D eigenvalue weighted by Crippen LogP contribution is -2.55. The average Bonchev–Trinajstić information content (AvgIpc) is 2.64. The van der Waals surface area contributed by atoms with E-state index >= 15 is 0 Å². The fourth-order valence-electron chi connectivity index (χ4n) is 2.76. The van der Waals surface area contributed by atoms with E-state index < -0.39 is 5.91 Å². The molecule has 0 aromatic carbocycles. The summed E-state index contributed by atoms with van der Waals surface area (Å²) in [5.41, 5.74) is 12.5. The van der Waals surface area contributed by atoms with Gasteiger partial charge in [-0.15, -0.1) is 0 Å². The summed E-state index contributed by atoms with van der Waals surface area (Å²) >= 11 is 0. The topological polar surface area (TPSA) is 93.4 Å². The molecule has 1 aromatic heterocycles. The molecule has 1 aliphatic rings. The van der Waals surface area contributed by atoms with Crippen LogP contribution in [0.15, 0.2) is 0 Å². The molecular formula is C12H22N6O. The van der Waals surface area contributed by atoms with Crippen LogP contribution in [0.4, 0.5) is 5.82 Å². The van der Waals surface area contributed by atoms with Crippen molar-refractivity contribution in [3.8, 4) is 0 Å². The molecule has 1 aliphatic heterocycles. The number of aromatic nitrogens is 2. The van der Waals surface area contributed by atoms with Crippen molar-refractivity contribution in [2.45, 2.75) is 13.0 Å². The highest BCUT2D eigenvalue weighted by Gasteiger charge is 2.30. The molecule has 106 valence electrons. The Morgan fingerprint density at radius 3 is 2.68 bits per heavy atom. The maximum Gasteiger partial charge on any atom is 0.254 e. The minimum absolute atomic E-state index is 0.173. The number of amides is 1. The largest absolute Gasteiger partial charge is 0.365 e. The number of anilines is 1. The maximum absolute atomic E-state index is 11.7. The number of carbonyl (C=O) groups is 1. The number of rotatable bonds is 3. The molecule has 1 saturated heterocycles. The molecule has 1 atom stereocenters. The third-order valence-corrected chi connectivity index (χ3v) is 3.67. The third kappa shape index (κ3) is 2.43. The molecule has 0 saturated carbocycles. The standard InChI is InChI=1S/C12H22N6O/c1-8-10(11(14)19)12(17(3)15-8)18-5-4-16(2)7-9(18)6-13/h9H,4-7,13H2,1-3H3,(H2,14,19). The number of hydrogen-bond donors (Lipinski definition) is 2. The van der Waals surface area contributed by atoms with Crippen molar-refractivity contribution in [3.05, 3.63) is 11.3 Å². The number of likely N-dealkylation sites (N-methyl/N-ethyl adjacent to an activating group) is 1. The first-order valence-corrected chi connectivity index (χ1v) is 6.44. The first-order chi connectivity index (χ1) is 8.95. The van der Waals surface area contributed by atoms with Crippen molar-refractivity contribution in [1.29, 1.82) is 0 Å². The molecule has 0 radical (unpaired) electrons. The summed E-state index contributed by atoms with van der Waals surface area (Å²) in [7, 11) is 3.91. The van der Waals surface area contributed by atoms with Crippen LogP contribution < -0.4 is 16.4 Å². The minimum Gasteiger partial charge on any atom is -0.365 e. The fraction of sp³-hybridized carbons (Fsp3) is 0.667. The maximum atomic E-state index is 11.7. The van der Waals surface area contributed by atoms with Crippen molar-refractivity contribution in [1.82, 2.24) is 14.7 Å². The van der Waals surface area contributed by atoms with Gasteiger partial charge in [-0.05, 0) is 14.0 Å². The Morgan fingerprint density at radius 1 is 1.42 bits per heavy atom. The van der Waals surface area contributed by atoms with Gasteiger partial charge in [-0.1, -0.05) is 0 Å². The van der Waals surface area contributed by atoms with Gasteiger partial charge in [0.05, 0.1) is 11.7 Å². The predicted octanol–water partition coefficient (Wildman–Crippen LogP) is -1.09. The normalized spacial score (nSPS) is 20.8. The van der Waals surface area contributed by atoms with E-state index in [2.05, 4.69) is 21.9 Å². The number of nitrogens with zero attached hydrogens (tertiary/aromatic N) is 4. The van der Waals surface area contributed by atoms with Crippen LogP contribution in [-0.2, 0) is 7.05 Å². The fourth-order valence-corrected chi connectivity index (χ4v) is 2.76. The van der Waals surface area contributed by atoms with Gasteiger partial charge in [0, 0.05) is 33.2 Å². The van der Waals surface area contributed by atoms with Crippen molar-refractivity contribution in [2.75, 3.05) is 38.1 Å². The van der Waals surface area contributed by atoms with E-state index in [0.29, 0.717) is 17.8 Å². The molecule has 0 aliphatic carbocycles. The molecule has 1 unspecified atom stereocenters. The van der Waals surface area contributed by atoms with E-state index in [-0.39, 0.29) is 6.04 Å². The van der Waals surface area contributed by atoms with Gasteiger partial charge in [0.25, 0.3) is 5.91 Å². The first kappa shape index (κ1) is 13.8. The molecule has 1 fully saturated rings. The van der Waals surface area contributed by atoms with Crippen LogP contribution in [0.25, 0.3) is 0 Å². The second-order valence-corrected chi connectivity index (χ2v) is 5.12. The lowest BCUT2D eigenvalue weighted by atomic mass is 10.1. The van der Waals surface area contributed by atoms with Crippen LogP contribution in [-0.4, -0.2) is 59.9 Å². The highest BCUT2D eigenvalue weighted by Crippen LogP contribution is 2.26. The van der Waals surface area contributed by atoms with Gasteiger partial charge in [-0.3, -0.25) is 9.48 Å². The molecule has 1 aromatic rings. The highest BCUT2D eigenvalue weighted by molar-refractivity contribution is 5.99. The number of nitrogens with two attached hydrogens (primary N) is 2. The van der Waals surface area contributed by atoms with E-state index in [4.69, 9.17) is 11.5 Å². The summed E-state index contributed by atoms with van der Waals surface area (Å²) in [6, 6.07) is 0.173. The van der Waals surface area contributed by atoms with E-state index in [1.165, 1.54) is 0 Å². The van der Waals surface area contributed by atoms with E-state index in [9.17, 15) is 4.79 Å². The van der Waals surface area contributed by atoms with E-state index in [1.807, 2.05) is 7.05 Å². The zero-order chi connectivity index (χ0) is 14.2. The average molecular weight is 266 g/mol. The number of carbonyl (C=O) groups excluding carboxylic acids is 1. The predicted molar refractivity (Wildman–Crippen MR) is 74.1 cm³/mol. The Bertz CT molecular complexity index is 483. The van der Waals surface area contributed by atoms with Gasteiger partial charge in [-0.25, -0.2) is 0 Å². The second-order valence-electron chi connectivity index (χ2n) is 5.12. The highest BCUT2D eigenvalue weighted by atomic mass is 16.1. The Kier molecular flexibility index (Phi) is 3.77. The zero-order valence-corrected chi connectivity index (χ0v) is 11.8. The van der Waals surface area contributed by atoms with Gasteiger partial charge in [-0.2, -0.15) is 5.10 Å². The number of hydrogen-bond acceptors (Lipinski definition) is 5. The summed E-state index contributed by atoms with van der Waals surface area (Å²) in [4.78, 5) is 16.0. The smallest absolute Gasteiger partial charge is 0.254 e. The Morgan fingerprint density at radius 2 is 2.11 bits per heavy atom. The summed E-state index contributed by atoms with van der Waals surface area (Å²) < 4.78 is 1.73. The summed E-state index contributed by atoms with van der Waals surface area (Å²) in [5, 5.41) is 4.31. The minimum atomic E-state index is -0.435. The molecule has 4 N–H and O–H groups in total. The monoisotopic (exact) mass is 266 g/mol. The van der Waals surface area contributed by atoms with Crippen LogP contribution in [0.5, 0.6) is 0 Å². The SMILES string of the molecule is Cc1nn(C)c(N2CCN(C)CC2CN)c1C(N)=O. The molecule has 7 heteroatoms. The number of primary amides is 1. The molecule has 19 heavy (non-hydrogen) atoms. The zero-order valence-electron chi connectivity index (χ0n) is 11.8. The van der Waals surface area contributed by atoms with Gasteiger partial charge in [0.2, 0.25) is 0 Å². The Balaban J connectivity index is 2.43. The molecule has 1 amide bonds. The van der Waals surface area contributed by atoms with Crippen LogP contribution in [0.2, 0.25) is 0 Å². The van der Waals surface area contributed by atoms with Gasteiger partial charge >= 0.3 is 0 Å². The van der Waals surface area contributed by atoms with E-state index in [0.717, 1.165) is 25.5 Å². The molecule has 0 bridgehead atoms. The molecule has 2 rings (SSSR count). The Labute approximate surface area is 113 Å². The molecule has 0 spiro atoms. The van der Waals surface area contributed by atoms with Crippen molar-refractivity contribution < 1.29 is 4.79 Å². The van der Waals surface area contributed by atoms with Crippen molar-refractivity contribution in [3.63, 3.8) is 0 Å². The van der Waals surface area contributed by atoms with Gasteiger partial charge < -0.3 is 21.3 Å². The number of piperazine rings is 1. The molecule has 2 heterocycles. The van der Waals surface area contributed by atoms with Gasteiger partial charge in [0.1, 0.15) is 11.4 Å². The first-order valence-electron chi connectivity index (χ1n) is 6.44. The lowest BCUT2D eigenvalue weighted by Gasteiger charge is -2.41. The van der Waals surface area contributed by atoms with Crippen LogP contribution in [0, 0.1) is 6.92 Å². The second kappa shape index (κ2) is 5.18. The quantitative estimate of drug-likeness (QED) is 0.725. The van der Waals surface area contributed by atoms with Crippen molar-refractivity contribution in [2.24, 2.45) is 18.5 Å². The third-order valence-electron chi connectivity index (χ3n) is 3.67. The lowest BCUT2D eigenvalue weighted by molar-refractivity contribution is 0.1000. The summed E-state index contributed by atoms with van der Waals surface area (Å²) in [6.45, 7) is 4.96. The van der Waals surface area contributed by atoms with Crippen LogP contribution in [0.3, 0.4) is 0 Å². The van der Waals surface area contributed by atoms with Crippen molar-refractivity contribution >= 4 is 11.7 Å². The summed E-state index contributed by atoms with van der Waals surface area (Å²) in [5.74, 6) is 0.351. The molecular weight excluding hydrogens is 244 g/mol. The van der Waals surface area contributed by atoms with Crippen LogP contribution >= 0.6 is 0 Å². The Hall–Kier alpha value is -1.60. The van der Waals surface area contributed by atoms with Crippen LogP contribution in [0.1, 0.15) is 16.1 Å². The van der Waals surface area contributed by atoms with Gasteiger partial charge in [0.15, 0.2) is 0 Å². The van der Waals surface area contributed by atoms with E-state index in [1.54, 1.807) is 11.6 Å².